The molecule has 12 heavy (non-hydrogen) atoms. The smallest absolute Gasteiger partial charge is 0.394 e. The van der Waals surface area contributed by atoms with E-state index in [9.17, 15) is 13.2 Å². The zero-order valence-corrected chi connectivity index (χ0v) is 8.53. The highest BCUT2D eigenvalue weighted by atomic mass is 28.4. The Labute approximate surface area is 70.9 Å². The number of alkyl halides is 3. The van der Waals surface area contributed by atoms with Gasteiger partial charge in [-0.15, -0.1) is 0 Å². The zero-order chi connectivity index (χ0) is 9.99. The van der Waals surface area contributed by atoms with Gasteiger partial charge in [0.05, 0.1) is 0 Å². The summed E-state index contributed by atoms with van der Waals surface area (Å²) in [5.74, 6) is 0. The van der Waals surface area contributed by atoms with E-state index in [2.05, 4.69) is 8.85 Å². The van der Waals surface area contributed by atoms with Crippen LogP contribution in [0.3, 0.4) is 0 Å². The predicted molar refractivity (Wildman–Crippen MR) is 41.2 cm³/mol. The van der Waals surface area contributed by atoms with Gasteiger partial charge in [0.1, 0.15) is 0 Å². The number of hydrogen-bond donors (Lipinski definition) is 0. The molecule has 0 aliphatic carbocycles. The highest BCUT2D eigenvalue weighted by Gasteiger charge is 2.60. The molecule has 0 fully saturated rings. The van der Waals surface area contributed by atoms with Crippen molar-refractivity contribution >= 4 is 8.56 Å². The van der Waals surface area contributed by atoms with Gasteiger partial charge in [0.15, 0.2) is 6.17 Å². The van der Waals surface area contributed by atoms with Crippen LogP contribution in [0.5, 0.6) is 0 Å². The Morgan fingerprint density at radius 1 is 1.25 bits per heavy atom. The van der Waals surface area contributed by atoms with Crippen LogP contribution in [0.2, 0.25) is 6.55 Å². The number of halogens is 3. The first-order valence-electron chi connectivity index (χ1n) is 3.44. The minimum atomic E-state index is -3.70. The van der Waals surface area contributed by atoms with Crippen molar-refractivity contribution in [3.05, 3.63) is 0 Å². The summed E-state index contributed by atoms with van der Waals surface area (Å²) in [4.78, 5) is 0. The van der Waals surface area contributed by atoms with E-state index in [0.29, 0.717) is 0 Å². The van der Waals surface area contributed by atoms with Gasteiger partial charge in [-0.25, -0.2) is 13.2 Å². The van der Waals surface area contributed by atoms with E-state index in [1.54, 1.807) is 0 Å². The summed E-state index contributed by atoms with van der Waals surface area (Å²) in [6.45, 7) is 1.92. The molecule has 0 saturated carbocycles. The van der Waals surface area contributed by atoms with Gasteiger partial charge in [0.2, 0.25) is 0 Å². The Morgan fingerprint density at radius 3 is 1.67 bits per heavy atom. The van der Waals surface area contributed by atoms with E-state index in [1.165, 1.54) is 0 Å². The lowest BCUT2D eigenvalue weighted by atomic mass is 10.5. The molecule has 74 valence electrons. The Morgan fingerprint density at radius 2 is 1.58 bits per heavy atom. The van der Waals surface area contributed by atoms with Crippen molar-refractivity contribution in [2.45, 2.75) is 25.2 Å². The second kappa shape index (κ2) is 3.76. The van der Waals surface area contributed by atoms with Gasteiger partial charge < -0.3 is 8.85 Å². The fraction of sp³-hybridized carbons (Fsp3) is 1.00. The molecule has 1 atom stereocenters. The molecule has 6 heteroatoms. The van der Waals surface area contributed by atoms with Crippen LogP contribution in [0.1, 0.15) is 6.92 Å². The SMILES string of the molecule is CO[Si](C)(OC)C(F)(F)C(C)F. The first-order chi connectivity index (χ1) is 5.31. The molecule has 0 bridgehead atoms. The second-order valence-electron chi connectivity index (χ2n) is 2.59. The summed E-state index contributed by atoms with van der Waals surface area (Å²) in [6, 6.07) is 0. The van der Waals surface area contributed by atoms with Crippen LogP contribution < -0.4 is 0 Å². The third kappa shape index (κ3) is 1.81. The first kappa shape index (κ1) is 11.9. The van der Waals surface area contributed by atoms with Crippen LogP contribution in [0.15, 0.2) is 0 Å². The van der Waals surface area contributed by atoms with Gasteiger partial charge in [-0.1, -0.05) is 0 Å². The molecule has 0 heterocycles. The van der Waals surface area contributed by atoms with Crippen LogP contribution in [-0.2, 0) is 8.85 Å². The molecule has 0 aromatic heterocycles. The highest BCUT2D eigenvalue weighted by molar-refractivity contribution is 6.68. The fourth-order valence-corrected chi connectivity index (χ4v) is 2.15. The van der Waals surface area contributed by atoms with Crippen LogP contribution in [0.25, 0.3) is 0 Å². The summed E-state index contributed by atoms with van der Waals surface area (Å²) in [5, 5.41) is 0. The summed E-state index contributed by atoms with van der Waals surface area (Å²) < 4.78 is 47.6. The van der Waals surface area contributed by atoms with Crippen LogP contribution in [-0.4, -0.2) is 34.5 Å². The van der Waals surface area contributed by atoms with Gasteiger partial charge in [-0.05, 0) is 13.5 Å². The normalized spacial score (nSPS) is 16.2. The Hall–Kier alpha value is -0.0731. The Kier molecular flexibility index (Phi) is 3.74. The maximum atomic E-state index is 13.0. The maximum absolute atomic E-state index is 13.0. The molecule has 0 rings (SSSR count). The van der Waals surface area contributed by atoms with Gasteiger partial charge in [0, 0.05) is 14.2 Å². The number of hydrogen-bond acceptors (Lipinski definition) is 2. The zero-order valence-electron chi connectivity index (χ0n) is 7.53. The molecular formula is C6H13F3O2Si. The van der Waals surface area contributed by atoms with E-state index >= 15 is 0 Å². The standard InChI is InChI=1S/C6H13F3O2Si/c1-5(7)6(8,9)12(4,10-2)11-3/h5H,1-4H3. The van der Waals surface area contributed by atoms with Crippen molar-refractivity contribution in [3.8, 4) is 0 Å². The van der Waals surface area contributed by atoms with Crippen molar-refractivity contribution in [3.63, 3.8) is 0 Å². The minimum absolute atomic E-state index is 0.795. The van der Waals surface area contributed by atoms with Crippen LogP contribution in [0.4, 0.5) is 13.2 Å². The minimum Gasteiger partial charge on any atom is -0.394 e. The third-order valence-corrected chi connectivity index (χ3v) is 5.05. The maximum Gasteiger partial charge on any atom is 0.413 e. The lowest BCUT2D eigenvalue weighted by molar-refractivity contribution is -0.0364. The summed E-state index contributed by atoms with van der Waals surface area (Å²) in [6.07, 6.45) is -2.26. The molecule has 0 aromatic carbocycles. The molecule has 0 spiro atoms. The van der Waals surface area contributed by atoms with Gasteiger partial charge in [-0.3, -0.25) is 0 Å². The van der Waals surface area contributed by atoms with Crippen molar-refractivity contribution in [2.24, 2.45) is 0 Å². The van der Waals surface area contributed by atoms with E-state index in [4.69, 9.17) is 0 Å². The molecule has 0 amide bonds. The largest absolute Gasteiger partial charge is 0.413 e. The lowest BCUT2D eigenvalue weighted by Gasteiger charge is -2.31. The monoisotopic (exact) mass is 202 g/mol. The molecule has 0 aromatic rings. The molecule has 2 nitrogen and oxygen atoms in total. The van der Waals surface area contributed by atoms with Crippen molar-refractivity contribution in [1.82, 2.24) is 0 Å². The lowest BCUT2D eigenvalue weighted by Crippen LogP contribution is -2.58. The molecule has 0 aliphatic rings. The average Bonchev–Trinajstić information content (AvgIpc) is 2.02. The van der Waals surface area contributed by atoms with Gasteiger partial charge >= 0.3 is 14.1 Å². The summed E-state index contributed by atoms with van der Waals surface area (Å²) >= 11 is 0. The molecule has 0 radical (unpaired) electrons. The molecule has 0 N–H and O–H groups in total. The van der Waals surface area contributed by atoms with Crippen molar-refractivity contribution in [1.29, 1.82) is 0 Å². The quantitative estimate of drug-likeness (QED) is 0.648. The predicted octanol–water partition coefficient (Wildman–Crippen LogP) is 1.88. The van der Waals surface area contributed by atoms with E-state index < -0.39 is 20.3 Å². The van der Waals surface area contributed by atoms with E-state index in [0.717, 1.165) is 27.7 Å². The van der Waals surface area contributed by atoms with E-state index in [-0.39, 0.29) is 0 Å². The second-order valence-corrected chi connectivity index (χ2v) is 5.97. The average molecular weight is 202 g/mol. The van der Waals surface area contributed by atoms with E-state index in [1.807, 2.05) is 0 Å². The van der Waals surface area contributed by atoms with Gasteiger partial charge in [-0.2, -0.15) is 0 Å². The van der Waals surface area contributed by atoms with Crippen LogP contribution in [0, 0.1) is 0 Å². The molecule has 0 aliphatic heterocycles. The first-order valence-corrected chi connectivity index (χ1v) is 5.75. The van der Waals surface area contributed by atoms with Crippen molar-refractivity contribution in [2.75, 3.05) is 14.2 Å². The van der Waals surface area contributed by atoms with Gasteiger partial charge in [0.25, 0.3) is 0 Å². The summed E-state index contributed by atoms with van der Waals surface area (Å²) in [5.41, 5.74) is -3.52. The topological polar surface area (TPSA) is 18.5 Å². The molecule has 0 saturated heterocycles. The molecular weight excluding hydrogens is 189 g/mol. The highest BCUT2D eigenvalue weighted by Crippen LogP contribution is 2.32. The fourth-order valence-electron chi connectivity index (χ4n) is 0.717. The Bertz CT molecular complexity index is 145. The van der Waals surface area contributed by atoms with Crippen molar-refractivity contribution < 1.29 is 22.0 Å². The third-order valence-electron chi connectivity index (χ3n) is 1.88. The number of rotatable bonds is 4. The van der Waals surface area contributed by atoms with Crippen LogP contribution >= 0.6 is 0 Å². The summed E-state index contributed by atoms with van der Waals surface area (Å²) in [7, 11) is -1.49. The molecule has 1 unspecified atom stereocenters. The Balaban J connectivity index is 4.70.